The first-order chi connectivity index (χ1) is 7.79. The highest BCUT2D eigenvalue weighted by Crippen LogP contribution is 2.18. The molecular weight excluding hydrogens is 210 g/mol. The summed E-state index contributed by atoms with van der Waals surface area (Å²) in [6.45, 7) is 1.20. The van der Waals surface area contributed by atoms with Crippen LogP contribution in [0, 0.1) is 0 Å². The van der Waals surface area contributed by atoms with E-state index in [1.807, 2.05) is 0 Å². The van der Waals surface area contributed by atoms with Crippen molar-refractivity contribution >= 4 is 0 Å². The molecule has 0 radical (unpaired) electrons. The average molecular weight is 227 g/mol. The summed E-state index contributed by atoms with van der Waals surface area (Å²) >= 11 is 0. The second-order valence-corrected chi connectivity index (χ2v) is 3.98. The molecule has 6 nitrogen and oxygen atoms in total. The number of nitrogens with zero attached hydrogens (tertiary/aromatic N) is 2. The molecule has 2 rings (SSSR count). The van der Waals surface area contributed by atoms with Gasteiger partial charge >= 0.3 is 0 Å². The second kappa shape index (κ2) is 5.38. The van der Waals surface area contributed by atoms with E-state index in [1.54, 1.807) is 0 Å². The van der Waals surface area contributed by atoms with E-state index < -0.39 is 6.10 Å². The van der Waals surface area contributed by atoms with E-state index in [1.165, 1.54) is 0 Å². The number of ether oxygens (including phenoxy) is 1. The topological polar surface area (TPSA) is 94.4 Å². The van der Waals surface area contributed by atoms with Crippen LogP contribution in [0.25, 0.3) is 0 Å². The predicted octanol–water partition coefficient (Wildman–Crippen LogP) is 0.173. The Morgan fingerprint density at radius 2 is 2.44 bits per heavy atom. The molecule has 3 N–H and O–H groups in total. The van der Waals surface area contributed by atoms with Crippen LogP contribution in [-0.4, -0.2) is 34.5 Å². The summed E-state index contributed by atoms with van der Waals surface area (Å²) in [6.07, 6.45) is 2.65. The highest BCUT2D eigenvalue weighted by Gasteiger charge is 2.20. The molecule has 0 bridgehead atoms. The van der Waals surface area contributed by atoms with Gasteiger partial charge in [-0.2, -0.15) is 4.98 Å². The van der Waals surface area contributed by atoms with E-state index in [2.05, 4.69) is 10.1 Å². The third-order valence-electron chi connectivity index (χ3n) is 2.64. The Hall–Kier alpha value is -0.980. The second-order valence-electron chi connectivity index (χ2n) is 3.98. The van der Waals surface area contributed by atoms with Crippen molar-refractivity contribution in [3.05, 3.63) is 11.7 Å². The predicted molar refractivity (Wildman–Crippen MR) is 55.6 cm³/mol. The maximum Gasteiger partial charge on any atom is 0.255 e. The number of nitrogens with two attached hydrogens (primary N) is 1. The minimum Gasteiger partial charge on any atom is -0.383 e. The molecule has 1 aromatic rings. The molecule has 2 atom stereocenters. The fourth-order valence-electron chi connectivity index (χ4n) is 1.78. The molecule has 2 heterocycles. The SMILES string of the molecule is NCC[C@H](O)c1nc(CC2CCCO2)no1. The van der Waals surface area contributed by atoms with Gasteiger partial charge in [-0.1, -0.05) is 5.16 Å². The average Bonchev–Trinajstić information content (AvgIpc) is 2.90. The zero-order chi connectivity index (χ0) is 11.4. The van der Waals surface area contributed by atoms with Gasteiger partial charge in [0.1, 0.15) is 6.10 Å². The summed E-state index contributed by atoms with van der Waals surface area (Å²) in [5, 5.41) is 13.4. The summed E-state index contributed by atoms with van der Waals surface area (Å²) in [5.41, 5.74) is 5.34. The Morgan fingerprint density at radius 3 is 3.12 bits per heavy atom. The van der Waals surface area contributed by atoms with Gasteiger partial charge in [0.2, 0.25) is 0 Å². The van der Waals surface area contributed by atoms with E-state index in [0.29, 0.717) is 25.2 Å². The molecule has 16 heavy (non-hydrogen) atoms. The van der Waals surface area contributed by atoms with Crippen molar-refractivity contribution < 1.29 is 14.4 Å². The summed E-state index contributed by atoms with van der Waals surface area (Å²) in [4.78, 5) is 4.13. The van der Waals surface area contributed by atoms with Crippen LogP contribution in [0.5, 0.6) is 0 Å². The monoisotopic (exact) mass is 227 g/mol. The van der Waals surface area contributed by atoms with E-state index >= 15 is 0 Å². The van der Waals surface area contributed by atoms with Crippen LogP contribution in [-0.2, 0) is 11.2 Å². The van der Waals surface area contributed by atoms with Crippen molar-refractivity contribution in [2.24, 2.45) is 5.73 Å². The van der Waals surface area contributed by atoms with Gasteiger partial charge in [0.05, 0.1) is 6.10 Å². The Kier molecular flexibility index (Phi) is 3.87. The van der Waals surface area contributed by atoms with Crippen LogP contribution in [0.15, 0.2) is 4.52 Å². The molecule has 1 aromatic heterocycles. The molecule has 0 spiro atoms. The Morgan fingerprint density at radius 1 is 1.56 bits per heavy atom. The van der Waals surface area contributed by atoms with Gasteiger partial charge in [-0.05, 0) is 25.8 Å². The number of hydrogen-bond donors (Lipinski definition) is 2. The molecule has 0 aromatic carbocycles. The summed E-state index contributed by atoms with van der Waals surface area (Å²) < 4.78 is 10.4. The molecular formula is C10H17N3O3. The number of aliphatic hydroxyl groups excluding tert-OH is 1. The fourth-order valence-corrected chi connectivity index (χ4v) is 1.78. The van der Waals surface area contributed by atoms with E-state index in [9.17, 15) is 5.11 Å². The molecule has 0 aliphatic carbocycles. The van der Waals surface area contributed by atoms with Crippen LogP contribution in [0.1, 0.15) is 37.1 Å². The molecule has 1 fully saturated rings. The van der Waals surface area contributed by atoms with E-state index in [0.717, 1.165) is 19.4 Å². The maximum absolute atomic E-state index is 9.59. The van der Waals surface area contributed by atoms with E-state index in [4.69, 9.17) is 15.0 Å². The maximum atomic E-state index is 9.59. The van der Waals surface area contributed by atoms with Gasteiger partial charge in [-0.3, -0.25) is 0 Å². The van der Waals surface area contributed by atoms with Crippen LogP contribution in [0.4, 0.5) is 0 Å². The summed E-state index contributed by atoms with van der Waals surface area (Å²) in [5.74, 6) is 0.844. The lowest BCUT2D eigenvalue weighted by atomic mass is 10.2. The van der Waals surface area contributed by atoms with Gasteiger partial charge in [0.25, 0.3) is 5.89 Å². The van der Waals surface area contributed by atoms with Crippen LogP contribution >= 0.6 is 0 Å². The van der Waals surface area contributed by atoms with Crippen molar-refractivity contribution in [3.8, 4) is 0 Å². The molecule has 0 amide bonds. The van der Waals surface area contributed by atoms with Crippen molar-refractivity contribution in [1.82, 2.24) is 10.1 Å². The Bertz CT molecular complexity index is 323. The van der Waals surface area contributed by atoms with Gasteiger partial charge in [-0.25, -0.2) is 0 Å². The fraction of sp³-hybridized carbons (Fsp3) is 0.800. The highest BCUT2D eigenvalue weighted by molar-refractivity contribution is 4.92. The number of aromatic nitrogens is 2. The molecule has 0 saturated carbocycles. The largest absolute Gasteiger partial charge is 0.383 e. The lowest BCUT2D eigenvalue weighted by Gasteiger charge is -2.04. The third kappa shape index (κ3) is 2.78. The molecule has 1 unspecified atom stereocenters. The first-order valence-corrected chi connectivity index (χ1v) is 5.62. The number of aliphatic hydroxyl groups is 1. The molecule has 1 aliphatic heterocycles. The Labute approximate surface area is 93.8 Å². The first kappa shape index (κ1) is 11.5. The quantitative estimate of drug-likeness (QED) is 0.744. The van der Waals surface area contributed by atoms with Crippen molar-refractivity contribution in [2.75, 3.05) is 13.2 Å². The van der Waals surface area contributed by atoms with Gasteiger partial charge < -0.3 is 20.1 Å². The lowest BCUT2D eigenvalue weighted by Crippen LogP contribution is -2.10. The van der Waals surface area contributed by atoms with Crippen molar-refractivity contribution in [2.45, 2.75) is 37.9 Å². The minimum absolute atomic E-state index is 0.192. The normalized spacial score (nSPS) is 22.5. The first-order valence-electron chi connectivity index (χ1n) is 5.62. The van der Waals surface area contributed by atoms with E-state index in [-0.39, 0.29) is 12.0 Å². The lowest BCUT2D eigenvalue weighted by molar-refractivity contribution is 0.109. The van der Waals surface area contributed by atoms with Gasteiger partial charge in [0, 0.05) is 13.0 Å². The minimum atomic E-state index is -0.754. The van der Waals surface area contributed by atoms with Crippen molar-refractivity contribution in [3.63, 3.8) is 0 Å². The van der Waals surface area contributed by atoms with Crippen LogP contribution < -0.4 is 5.73 Å². The smallest absolute Gasteiger partial charge is 0.255 e. The van der Waals surface area contributed by atoms with Crippen LogP contribution in [0.2, 0.25) is 0 Å². The Balaban J connectivity index is 1.90. The zero-order valence-corrected chi connectivity index (χ0v) is 9.13. The number of rotatable bonds is 5. The molecule has 1 aliphatic rings. The van der Waals surface area contributed by atoms with Crippen molar-refractivity contribution in [1.29, 1.82) is 0 Å². The molecule has 90 valence electrons. The molecule has 6 heteroatoms. The standard InChI is InChI=1S/C10H17N3O3/c11-4-3-8(14)10-12-9(13-16-10)6-7-2-1-5-15-7/h7-8,14H,1-6,11H2/t7?,8-/m0/s1. The zero-order valence-electron chi connectivity index (χ0n) is 9.13. The van der Waals surface area contributed by atoms with Crippen LogP contribution in [0.3, 0.4) is 0 Å². The summed E-state index contributed by atoms with van der Waals surface area (Å²) in [7, 11) is 0. The third-order valence-corrected chi connectivity index (χ3v) is 2.64. The highest BCUT2D eigenvalue weighted by atomic mass is 16.5. The number of hydrogen-bond acceptors (Lipinski definition) is 6. The summed E-state index contributed by atoms with van der Waals surface area (Å²) in [6, 6.07) is 0. The molecule has 1 saturated heterocycles. The van der Waals surface area contributed by atoms with Gasteiger partial charge in [0.15, 0.2) is 5.82 Å². The van der Waals surface area contributed by atoms with Gasteiger partial charge in [-0.15, -0.1) is 0 Å².